The maximum absolute atomic E-state index is 12.3. The summed E-state index contributed by atoms with van der Waals surface area (Å²) >= 11 is 0. The second kappa shape index (κ2) is 6.43. The molecule has 0 radical (unpaired) electrons. The first-order valence-electron chi connectivity index (χ1n) is 8.14. The zero-order valence-electron chi connectivity index (χ0n) is 14.7. The first kappa shape index (κ1) is 16.8. The number of urea groups is 1. The van der Waals surface area contributed by atoms with Gasteiger partial charge in [0.15, 0.2) is 0 Å². The molecule has 0 saturated carbocycles. The van der Waals surface area contributed by atoms with E-state index in [1.54, 1.807) is 6.08 Å². The van der Waals surface area contributed by atoms with Crippen LogP contribution in [0.4, 0.5) is 4.79 Å². The molecule has 0 bridgehead atoms. The van der Waals surface area contributed by atoms with Gasteiger partial charge in [0.25, 0.3) is 5.91 Å². The van der Waals surface area contributed by atoms with Crippen molar-refractivity contribution in [2.75, 3.05) is 6.54 Å². The van der Waals surface area contributed by atoms with Gasteiger partial charge in [-0.1, -0.05) is 23.8 Å². The molecule has 0 unspecified atom stereocenters. The largest absolute Gasteiger partial charge is 0.329 e. The van der Waals surface area contributed by atoms with Crippen LogP contribution in [0.1, 0.15) is 22.5 Å². The Bertz CT molecular complexity index is 888. The molecule has 3 amide bonds. The molecule has 1 aromatic heterocycles. The topological polar surface area (TPSA) is 54.3 Å². The number of rotatable bonds is 4. The Morgan fingerprint density at radius 3 is 2.44 bits per heavy atom. The molecule has 5 heteroatoms. The summed E-state index contributed by atoms with van der Waals surface area (Å²) in [6.07, 6.45) is 3.26. The van der Waals surface area contributed by atoms with Crippen molar-refractivity contribution in [1.82, 2.24) is 14.8 Å². The number of imide groups is 1. The van der Waals surface area contributed by atoms with Gasteiger partial charge < -0.3 is 9.88 Å². The number of carbonyl (C=O) groups is 2. The van der Waals surface area contributed by atoms with Crippen LogP contribution < -0.4 is 5.32 Å². The molecule has 5 nitrogen and oxygen atoms in total. The lowest BCUT2D eigenvalue weighted by molar-refractivity contribution is -0.122. The number of aryl methyl sites for hydroxylation is 2. The van der Waals surface area contributed by atoms with Crippen LogP contribution in [0.5, 0.6) is 0 Å². The fourth-order valence-corrected chi connectivity index (χ4v) is 3.05. The molecule has 1 N–H and O–H groups in total. The molecule has 0 aliphatic carbocycles. The van der Waals surface area contributed by atoms with Crippen LogP contribution >= 0.6 is 0 Å². The molecule has 0 atom stereocenters. The molecular weight excluding hydrogens is 314 g/mol. The van der Waals surface area contributed by atoms with E-state index in [9.17, 15) is 9.59 Å². The summed E-state index contributed by atoms with van der Waals surface area (Å²) in [4.78, 5) is 25.4. The van der Waals surface area contributed by atoms with E-state index in [0.717, 1.165) is 27.5 Å². The van der Waals surface area contributed by atoms with Gasteiger partial charge in [-0.15, -0.1) is 6.58 Å². The minimum Gasteiger partial charge on any atom is -0.318 e. The molecule has 128 valence electrons. The van der Waals surface area contributed by atoms with Gasteiger partial charge in [0, 0.05) is 23.6 Å². The summed E-state index contributed by atoms with van der Waals surface area (Å²) in [7, 11) is 0. The van der Waals surface area contributed by atoms with Gasteiger partial charge in [-0.05, 0) is 50.6 Å². The third kappa shape index (κ3) is 3.01. The number of nitrogens with one attached hydrogen (secondary N) is 1. The number of amides is 3. The Labute approximate surface area is 147 Å². The van der Waals surface area contributed by atoms with E-state index in [-0.39, 0.29) is 18.1 Å². The number of aromatic nitrogens is 1. The molecule has 0 spiro atoms. The normalized spacial score (nSPS) is 15.8. The van der Waals surface area contributed by atoms with Crippen LogP contribution in [0.3, 0.4) is 0 Å². The maximum atomic E-state index is 12.3. The number of carbonyl (C=O) groups excluding carboxylic acids is 2. The van der Waals surface area contributed by atoms with Gasteiger partial charge in [-0.25, -0.2) is 4.79 Å². The molecule has 2 heterocycles. The van der Waals surface area contributed by atoms with Crippen LogP contribution in [0.25, 0.3) is 11.8 Å². The number of nitrogens with zero attached hydrogens (tertiary/aromatic N) is 2. The average Bonchev–Trinajstić information content (AvgIpc) is 3.00. The van der Waals surface area contributed by atoms with Crippen LogP contribution in [0.2, 0.25) is 0 Å². The fourth-order valence-electron chi connectivity index (χ4n) is 3.05. The Balaban J connectivity index is 1.99. The number of hydrogen-bond donors (Lipinski definition) is 1. The van der Waals surface area contributed by atoms with Crippen molar-refractivity contribution in [3.05, 3.63) is 71.2 Å². The molecular formula is C20H21N3O2. The van der Waals surface area contributed by atoms with Crippen molar-refractivity contribution >= 4 is 18.0 Å². The van der Waals surface area contributed by atoms with Crippen molar-refractivity contribution in [3.63, 3.8) is 0 Å². The number of hydrogen-bond acceptors (Lipinski definition) is 2. The van der Waals surface area contributed by atoms with Crippen LogP contribution in [0, 0.1) is 20.8 Å². The van der Waals surface area contributed by atoms with Gasteiger partial charge in [-0.3, -0.25) is 9.69 Å². The van der Waals surface area contributed by atoms with Crippen molar-refractivity contribution in [3.8, 4) is 5.69 Å². The van der Waals surface area contributed by atoms with E-state index in [4.69, 9.17) is 0 Å². The van der Waals surface area contributed by atoms with Gasteiger partial charge in [0.1, 0.15) is 5.70 Å². The summed E-state index contributed by atoms with van der Waals surface area (Å²) in [6, 6.07) is 9.88. The average molecular weight is 335 g/mol. The summed E-state index contributed by atoms with van der Waals surface area (Å²) in [5.41, 5.74) is 5.54. The lowest BCUT2D eigenvalue weighted by Gasteiger charge is -2.10. The zero-order valence-corrected chi connectivity index (χ0v) is 14.7. The van der Waals surface area contributed by atoms with Crippen molar-refractivity contribution < 1.29 is 9.59 Å². The fraction of sp³-hybridized carbons (Fsp3) is 0.200. The minimum absolute atomic E-state index is 0.199. The molecule has 3 rings (SSSR count). The van der Waals surface area contributed by atoms with Gasteiger partial charge in [-0.2, -0.15) is 0 Å². The van der Waals surface area contributed by atoms with Gasteiger partial charge in [0.05, 0.1) is 0 Å². The molecule has 25 heavy (non-hydrogen) atoms. The van der Waals surface area contributed by atoms with E-state index in [1.807, 2.05) is 19.9 Å². The molecule has 1 fully saturated rings. The highest BCUT2D eigenvalue weighted by atomic mass is 16.2. The Morgan fingerprint density at radius 2 is 1.80 bits per heavy atom. The lowest BCUT2D eigenvalue weighted by atomic mass is 10.2. The van der Waals surface area contributed by atoms with Gasteiger partial charge >= 0.3 is 6.03 Å². The van der Waals surface area contributed by atoms with E-state index < -0.39 is 6.03 Å². The Hall–Kier alpha value is -3.08. The highest BCUT2D eigenvalue weighted by Gasteiger charge is 2.32. The van der Waals surface area contributed by atoms with Gasteiger partial charge in [0.2, 0.25) is 0 Å². The van der Waals surface area contributed by atoms with E-state index >= 15 is 0 Å². The molecule has 1 aliphatic rings. The molecule has 1 saturated heterocycles. The summed E-state index contributed by atoms with van der Waals surface area (Å²) in [5, 5.41) is 2.63. The first-order valence-corrected chi connectivity index (χ1v) is 8.14. The van der Waals surface area contributed by atoms with E-state index in [2.05, 4.69) is 47.7 Å². The summed E-state index contributed by atoms with van der Waals surface area (Å²) < 4.78 is 2.13. The highest BCUT2D eigenvalue weighted by molar-refractivity contribution is 6.14. The number of benzene rings is 1. The standard InChI is InChI=1S/C20H21N3O2/c1-5-10-22-19(24)18(21-20(22)25)12-16-11-14(3)23(15(16)4)17-8-6-13(2)7-9-17/h5-9,11-12H,1,10H2,2-4H3,(H,21,25)/b18-12-. The monoisotopic (exact) mass is 335 g/mol. The molecule has 1 aromatic carbocycles. The second-order valence-electron chi connectivity index (χ2n) is 6.19. The summed E-state index contributed by atoms with van der Waals surface area (Å²) in [5.74, 6) is -0.329. The molecule has 2 aromatic rings. The van der Waals surface area contributed by atoms with Crippen molar-refractivity contribution in [1.29, 1.82) is 0 Å². The minimum atomic E-state index is -0.413. The lowest BCUT2D eigenvalue weighted by Crippen LogP contribution is -2.30. The SMILES string of the molecule is C=CCN1C(=O)N/C(=C\c2cc(C)n(-c3ccc(C)cc3)c2C)C1=O. The van der Waals surface area contributed by atoms with Crippen molar-refractivity contribution in [2.24, 2.45) is 0 Å². The predicted octanol–water partition coefficient (Wildman–Crippen LogP) is 3.48. The quantitative estimate of drug-likeness (QED) is 0.528. The first-order chi connectivity index (χ1) is 11.9. The Morgan fingerprint density at radius 1 is 1.12 bits per heavy atom. The van der Waals surface area contributed by atoms with Crippen LogP contribution in [-0.4, -0.2) is 28.0 Å². The molecule has 1 aliphatic heterocycles. The van der Waals surface area contributed by atoms with Crippen molar-refractivity contribution in [2.45, 2.75) is 20.8 Å². The van der Waals surface area contributed by atoms with E-state index in [0.29, 0.717) is 0 Å². The predicted molar refractivity (Wildman–Crippen MR) is 98.4 cm³/mol. The Kier molecular flexibility index (Phi) is 4.31. The smallest absolute Gasteiger partial charge is 0.318 e. The second-order valence-corrected chi connectivity index (χ2v) is 6.19. The highest BCUT2D eigenvalue weighted by Crippen LogP contribution is 2.24. The third-order valence-corrected chi connectivity index (χ3v) is 4.34. The van der Waals surface area contributed by atoms with Crippen LogP contribution in [-0.2, 0) is 4.79 Å². The third-order valence-electron chi connectivity index (χ3n) is 4.34. The van der Waals surface area contributed by atoms with Crippen LogP contribution in [0.15, 0.2) is 48.7 Å². The summed E-state index contributed by atoms with van der Waals surface area (Å²) in [6.45, 7) is 9.85. The maximum Gasteiger partial charge on any atom is 0.329 e. The van der Waals surface area contributed by atoms with E-state index in [1.165, 1.54) is 11.6 Å². The zero-order chi connectivity index (χ0) is 18.1.